The van der Waals surface area contributed by atoms with Crippen LogP contribution in [0.15, 0.2) is 28.9 Å². The molecular weight excluding hydrogens is 354 g/mol. The zero-order chi connectivity index (χ0) is 19.2. The van der Waals surface area contributed by atoms with Crippen LogP contribution in [0, 0.1) is 0 Å². The van der Waals surface area contributed by atoms with Gasteiger partial charge in [0.25, 0.3) is 18.3 Å². The van der Waals surface area contributed by atoms with E-state index in [0.717, 1.165) is 23.9 Å². The zero-order valence-electron chi connectivity index (χ0n) is 14.7. The molecule has 0 bridgehead atoms. The van der Waals surface area contributed by atoms with Crippen LogP contribution in [0.3, 0.4) is 0 Å². The molecule has 4 heterocycles. The molecule has 3 aromatic heterocycles. The Morgan fingerprint density at radius 3 is 2.96 bits per heavy atom. The Labute approximate surface area is 154 Å². The minimum absolute atomic E-state index is 0.122. The highest BCUT2D eigenvalue weighted by molar-refractivity contribution is 5.94. The van der Waals surface area contributed by atoms with E-state index in [2.05, 4.69) is 20.4 Å². The van der Waals surface area contributed by atoms with Crippen molar-refractivity contribution in [3.63, 3.8) is 0 Å². The first-order chi connectivity index (χ1) is 13.1. The molecule has 0 aromatic carbocycles. The van der Waals surface area contributed by atoms with Gasteiger partial charge in [-0.3, -0.25) is 9.59 Å². The molecule has 0 spiro atoms. The standard InChI is InChI=1S/C16H17N5O3.CH2O2/c1-21-7-6-10-4-5-11(18-14(10)21)15(22)17-9-13-19-16(24-20-13)12-3-2-8-23-12;2-1-3/h4-7,12H,2-3,8-9H2,1H3,(H,17,22);1H,(H,2,3). The van der Waals surface area contributed by atoms with E-state index < -0.39 is 0 Å². The minimum atomic E-state index is -0.276. The quantitative estimate of drug-likeness (QED) is 0.657. The molecular formula is C17H19N5O5. The number of aryl methyl sites for hydroxylation is 1. The number of nitrogens with zero attached hydrogens (tertiary/aromatic N) is 4. The van der Waals surface area contributed by atoms with Gasteiger partial charge in [0.15, 0.2) is 5.82 Å². The molecule has 10 heteroatoms. The molecule has 1 atom stereocenters. The van der Waals surface area contributed by atoms with Crippen LogP contribution >= 0.6 is 0 Å². The van der Waals surface area contributed by atoms with Gasteiger partial charge in [0.05, 0.1) is 6.54 Å². The molecule has 4 rings (SSSR count). The Kier molecular flexibility index (Phi) is 5.77. The first kappa shape index (κ1) is 18.5. The second-order valence-corrected chi connectivity index (χ2v) is 5.87. The number of carboxylic acid groups (broad SMARTS) is 1. The number of pyridine rings is 1. The van der Waals surface area contributed by atoms with Gasteiger partial charge in [-0.15, -0.1) is 0 Å². The van der Waals surface area contributed by atoms with Gasteiger partial charge in [0.1, 0.15) is 17.4 Å². The molecule has 3 aromatic rings. The summed E-state index contributed by atoms with van der Waals surface area (Å²) in [5, 5.41) is 14.5. The van der Waals surface area contributed by atoms with Crippen molar-refractivity contribution in [3.05, 3.63) is 41.8 Å². The van der Waals surface area contributed by atoms with Crippen LogP contribution in [0.1, 0.15) is 41.1 Å². The lowest BCUT2D eigenvalue weighted by atomic mass is 10.2. The van der Waals surface area contributed by atoms with E-state index in [0.29, 0.717) is 24.0 Å². The van der Waals surface area contributed by atoms with Crippen molar-refractivity contribution >= 4 is 23.4 Å². The number of carbonyl (C=O) groups is 2. The van der Waals surface area contributed by atoms with Gasteiger partial charge in [0, 0.05) is 25.2 Å². The van der Waals surface area contributed by atoms with Gasteiger partial charge in [-0.2, -0.15) is 4.98 Å². The molecule has 10 nitrogen and oxygen atoms in total. The van der Waals surface area contributed by atoms with Crippen LogP contribution in [0.5, 0.6) is 0 Å². The fourth-order valence-electron chi connectivity index (χ4n) is 2.75. The molecule has 0 radical (unpaired) electrons. The van der Waals surface area contributed by atoms with Gasteiger partial charge >= 0.3 is 0 Å². The van der Waals surface area contributed by atoms with Crippen LogP contribution in [-0.4, -0.2) is 43.8 Å². The van der Waals surface area contributed by atoms with Crippen molar-refractivity contribution in [3.8, 4) is 0 Å². The molecule has 1 aliphatic rings. The largest absolute Gasteiger partial charge is 0.483 e. The van der Waals surface area contributed by atoms with Gasteiger partial charge < -0.3 is 24.3 Å². The molecule has 1 saturated heterocycles. The first-order valence-electron chi connectivity index (χ1n) is 8.34. The number of amides is 1. The topological polar surface area (TPSA) is 132 Å². The van der Waals surface area contributed by atoms with E-state index in [4.69, 9.17) is 19.2 Å². The SMILES string of the molecule is Cn1ccc2ccc(C(=O)NCc3noc(C4CCCO4)n3)nc21.O=CO. The molecule has 1 fully saturated rings. The second kappa shape index (κ2) is 8.41. The summed E-state index contributed by atoms with van der Waals surface area (Å²) in [7, 11) is 1.89. The van der Waals surface area contributed by atoms with Crippen molar-refractivity contribution in [1.29, 1.82) is 0 Å². The minimum Gasteiger partial charge on any atom is -0.483 e. The van der Waals surface area contributed by atoms with E-state index in [1.54, 1.807) is 6.07 Å². The summed E-state index contributed by atoms with van der Waals surface area (Å²) < 4.78 is 12.6. The maximum atomic E-state index is 12.3. The number of hydrogen-bond donors (Lipinski definition) is 2. The molecule has 0 aliphatic carbocycles. The summed E-state index contributed by atoms with van der Waals surface area (Å²) in [6.07, 6.45) is 3.66. The Bertz CT molecular complexity index is 929. The van der Waals surface area contributed by atoms with E-state index >= 15 is 0 Å². The average Bonchev–Trinajstić information content (AvgIpc) is 3.41. The Balaban J connectivity index is 0.000000659. The van der Waals surface area contributed by atoms with Crippen LogP contribution in [0.4, 0.5) is 0 Å². The fourth-order valence-corrected chi connectivity index (χ4v) is 2.75. The van der Waals surface area contributed by atoms with Crippen molar-refractivity contribution in [1.82, 2.24) is 25.0 Å². The van der Waals surface area contributed by atoms with E-state index in [9.17, 15) is 4.79 Å². The monoisotopic (exact) mass is 373 g/mol. The van der Waals surface area contributed by atoms with Gasteiger partial charge in [-0.25, -0.2) is 4.98 Å². The third kappa shape index (κ3) is 4.29. The normalized spacial score (nSPS) is 16.0. The van der Waals surface area contributed by atoms with Crippen LogP contribution in [0.25, 0.3) is 11.0 Å². The van der Waals surface area contributed by atoms with Crippen LogP contribution < -0.4 is 5.32 Å². The first-order valence-corrected chi connectivity index (χ1v) is 8.34. The molecule has 1 aliphatic heterocycles. The van der Waals surface area contributed by atoms with Crippen molar-refractivity contribution < 1.29 is 24.0 Å². The van der Waals surface area contributed by atoms with Crippen LogP contribution in [-0.2, 0) is 23.1 Å². The van der Waals surface area contributed by atoms with Crippen molar-refractivity contribution in [2.45, 2.75) is 25.5 Å². The number of fused-ring (bicyclic) bond motifs is 1. The predicted octanol–water partition coefficient (Wildman–Crippen LogP) is 1.44. The van der Waals surface area contributed by atoms with Crippen molar-refractivity contribution in [2.24, 2.45) is 7.05 Å². The van der Waals surface area contributed by atoms with Crippen LogP contribution in [0.2, 0.25) is 0 Å². The maximum absolute atomic E-state index is 12.3. The third-order valence-corrected chi connectivity index (χ3v) is 4.05. The Morgan fingerprint density at radius 2 is 2.22 bits per heavy atom. The van der Waals surface area contributed by atoms with Gasteiger partial charge in [-0.1, -0.05) is 5.16 Å². The highest BCUT2D eigenvalue weighted by Crippen LogP contribution is 2.26. The fraction of sp³-hybridized carbons (Fsp3) is 0.353. The van der Waals surface area contributed by atoms with E-state index in [-0.39, 0.29) is 25.0 Å². The highest BCUT2D eigenvalue weighted by Gasteiger charge is 2.24. The zero-order valence-corrected chi connectivity index (χ0v) is 14.7. The van der Waals surface area contributed by atoms with Gasteiger partial charge in [-0.05, 0) is 31.0 Å². The summed E-state index contributed by atoms with van der Waals surface area (Å²) in [4.78, 5) is 29.3. The molecule has 1 unspecified atom stereocenters. The summed E-state index contributed by atoms with van der Waals surface area (Å²) in [6.45, 7) is 0.647. The molecule has 27 heavy (non-hydrogen) atoms. The molecule has 0 saturated carbocycles. The number of ether oxygens (including phenoxy) is 1. The summed E-state index contributed by atoms with van der Waals surface area (Å²) in [5.41, 5.74) is 1.12. The Hall–Kier alpha value is -3.27. The maximum Gasteiger partial charge on any atom is 0.290 e. The third-order valence-electron chi connectivity index (χ3n) is 4.05. The van der Waals surface area contributed by atoms with Gasteiger partial charge in [0.2, 0.25) is 0 Å². The predicted molar refractivity (Wildman–Crippen MR) is 92.8 cm³/mol. The number of rotatable bonds is 4. The lowest BCUT2D eigenvalue weighted by Gasteiger charge is -2.03. The average molecular weight is 373 g/mol. The molecule has 1 amide bonds. The molecule has 2 N–H and O–H groups in total. The second-order valence-electron chi connectivity index (χ2n) is 5.87. The Morgan fingerprint density at radius 1 is 1.41 bits per heavy atom. The summed E-state index contributed by atoms with van der Waals surface area (Å²) >= 11 is 0. The number of carbonyl (C=O) groups excluding carboxylic acids is 1. The lowest BCUT2D eigenvalue weighted by molar-refractivity contribution is -0.122. The number of nitrogens with one attached hydrogen (secondary N) is 1. The highest BCUT2D eigenvalue weighted by atomic mass is 16.5. The number of aromatic nitrogens is 4. The summed E-state index contributed by atoms with van der Waals surface area (Å²) in [5.74, 6) is 0.621. The van der Waals surface area contributed by atoms with E-state index in [1.807, 2.05) is 29.9 Å². The smallest absolute Gasteiger partial charge is 0.290 e. The van der Waals surface area contributed by atoms with E-state index in [1.165, 1.54) is 0 Å². The summed E-state index contributed by atoms with van der Waals surface area (Å²) in [6, 6.07) is 5.53. The van der Waals surface area contributed by atoms with Crippen molar-refractivity contribution in [2.75, 3.05) is 6.61 Å². The lowest BCUT2D eigenvalue weighted by Crippen LogP contribution is -2.24. The molecule has 142 valence electrons. The number of hydrogen-bond acceptors (Lipinski definition) is 7.